The molecule has 11 heteroatoms. The molecule has 0 saturated carbocycles. The van der Waals surface area contributed by atoms with Crippen LogP contribution in [0.5, 0.6) is 0 Å². The van der Waals surface area contributed by atoms with Crippen molar-refractivity contribution in [1.82, 2.24) is 18.8 Å². The molecule has 0 unspecified atom stereocenters. The van der Waals surface area contributed by atoms with E-state index in [9.17, 15) is 22.0 Å². The van der Waals surface area contributed by atoms with E-state index >= 15 is 0 Å². The number of benzene rings is 2. The van der Waals surface area contributed by atoms with Crippen molar-refractivity contribution in [3.05, 3.63) is 72.1 Å². The van der Waals surface area contributed by atoms with Crippen LogP contribution < -0.4 is 0 Å². The monoisotopic (exact) mass is 478 g/mol. The predicted molar refractivity (Wildman–Crippen MR) is 116 cm³/mol. The molecule has 1 amide bonds. The highest BCUT2D eigenvalue weighted by molar-refractivity contribution is 7.98. The number of para-hydroxylation sites is 1. The van der Waals surface area contributed by atoms with Crippen molar-refractivity contribution in [2.45, 2.75) is 10.1 Å². The summed E-state index contributed by atoms with van der Waals surface area (Å²) in [6.07, 6.45) is 3.38. The third-order valence-corrected chi connectivity index (χ3v) is 7.77. The molecular weight excluding hydrogens is 458 g/mol. The number of hydrogen-bond donors (Lipinski definition) is 0. The fraction of sp³-hybridized carbons (Fsp3) is 0.238. The number of nitrogens with zero attached hydrogens (tertiary/aromatic N) is 4. The first-order chi connectivity index (χ1) is 15.3. The first kappa shape index (κ1) is 22.4. The molecule has 0 atom stereocenters. The Balaban J connectivity index is 1.53. The minimum Gasteiger partial charge on any atom is -0.335 e. The molecule has 0 radical (unpaired) electrons. The summed E-state index contributed by atoms with van der Waals surface area (Å²) in [5.41, 5.74) is 1.17. The van der Waals surface area contributed by atoms with E-state index in [4.69, 9.17) is 0 Å². The van der Waals surface area contributed by atoms with Crippen LogP contribution in [0.4, 0.5) is 8.78 Å². The van der Waals surface area contributed by atoms with E-state index in [1.54, 1.807) is 9.47 Å². The van der Waals surface area contributed by atoms with Gasteiger partial charge in [0.15, 0.2) is 5.16 Å². The number of hydrogen-bond acceptors (Lipinski definition) is 5. The summed E-state index contributed by atoms with van der Waals surface area (Å²) in [6.45, 7) is 0.268. The number of imidazole rings is 1. The number of halogens is 2. The van der Waals surface area contributed by atoms with Gasteiger partial charge in [0, 0.05) is 37.9 Å². The number of rotatable bonds is 5. The molecule has 0 aliphatic carbocycles. The lowest BCUT2D eigenvalue weighted by Gasteiger charge is -2.34. The lowest BCUT2D eigenvalue weighted by Crippen LogP contribution is -2.50. The van der Waals surface area contributed by atoms with Crippen LogP contribution in [-0.4, -0.2) is 65.5 Å². The molecule has 7 nitrogen and oxygen atoms in total. The molecule has 2 heterocycles. The van der Waals surface area contributed by atoms with Gasteiger partial charge < -0.3 is 4.90 Å². The molecule has 168 valence electrons. The first-order valence-corrected chi connectivity index (χ1v) is 12.4. The zero-order chi connectivity index (χ0) is 22.9. The molecule has 32 heavy (non-hydrogen) atoms. The Morgan fingerprint density at radius 1 is 1.03 bits per heavy atom. The van der Waals surface area contributed by atoms with Crippen LogP contribution in [0.25, 0.3) is 5.69 Å². The lowest BCUT2D eigenvalue weighted by atomic mass is 10.3. The summed E-state index contributed by atoms with van der Waals surface area (Å²) < 4.78 is 55.7. The molecule has 1 fully saturated rings. The third kappa shape index (κ3) is 4.15. The average Bonchev–Trinajstić information content (AvgIpc) is 3.23. The maximum absolute atomic E-state index is 14.0. The summed E-state index contributed by atoms with van der Waals surface area (Å²) >= 11 is 1.41. The zero-order valence-corrected chi connectivity index (χ0v) is 18.7. The van der Waals surface area contributed by atoms with Gasteiger partial charge in [0.05, 0.1) is 6.20 Å². The Hall–Kier alpha value is -2.76. The van der Waals surface area contributed by atoms with E-state index in [-0.39, 0.29) is 32.1 Å². The topological polar surface area (TPSA) is 75.5 Å². The van der Waals surface area contributed by atoms with E-state index in [1.165, 1.54) is 18.0 Å². The standard InChI is InChI=1S/C21H20F2N4O3S2/c1-31-21-24-14-18(27(21)16-5-3-2-4-6-16)20(28)25-9-11-26(12-10-25)32(29,30)19-8-7-15(22)13-17(19)23/h2-8,13-14H,9-12H2,1H3. The van der Waals surface area contributed by atoms with Crippen molar-refractivity contribution >= 4 is 27.7 Å². The zero-order valence-electron chi connectivity index (χ0n) is 17.1. The van der Waals surface area contributed by atoms with E-state index in [2.05, 4.69) is 4.98 Å². The molecule has 0 bridgehead atoms. The van der Waals surface area contributed by atoms with Gasteiger partial charge in [-0.15, -0.1) is 0 Å². The lowest BCUT2D eigenvalue weighted by molar-refractivity contribution is 0.0689. The van der Waals surface area contributed by atoms with Crippen molar-refractivity contribution in [3.63, 3.8) is 0 Å². The molecule has 1 aliphatic heterocycles. The molecule has 0 N–H and O–H groups in total. The second-order valence-corrected chi connectivity index (χ2v) is 9.75. The smallest absolute Gasteiger partial charge is 0.272 e. The van der Waals surface area contributed by atoms with Gasteiger partial charge in [-0.1, -0.05) is 30.0 Å². The van der Waals surface area contributed by atoms with Gasteiger partial charge in [0.2, 0.25) is 10.0 Å². The molecule has 1 aliphatic rings. The normalized spacial score (nSPS) is 15.2. The number of thioether (sulfide) groups is 1. The Morgan fingerprint density at radius 2 is 1.72 bits per heavy atom. The maximum atomic E-state index is 14.0. The van der Waals surface area contributed by atoms with Crippen LogP contribution in [-0.2, 0) is 10.0 Å². The number of aromatic nitrogens is 2. The molecule has 1 aromatic heterocycles. The second-order valence-electron chi connectivity index (χ2n) is 7.07. The summed E-state index contributed by atoms with van der Waals surface area (Å²) in [5, 5.41) is 0.660. The van der Waals surface area contributed by atoms with Gasteiger partial charge in [-0.25, -0.2) is 22.2 Å². The van der Waals surface area contributed by atoms with E-state index in [0.717, 1.165) is 22.1 Å². The average molecular weight is 479 g/mol. The molecule has 4 rings (SSSR count). The van der Waals surface area contributed by atoms with Crippen LogP contribution in [0, 0.1) is 11.6 Å². The Bertz CT molecular complexity index is 1240. The number of carbonyl (C=O) groups is 1. The van der Waals surface area contributed by atoms with E-state index in [0.29, 0.717) is 16.9 Å². The van der Waals surface area contributed by atoms with Crippen molar-refractivity contribution in [2.24, 2.45) is 0 Å². The summed E-state index contributed by atoms with van der Waals surface area (Å²) in [4.78, 5) is 18.5. The first-order valence-electron chi connectivity index (χ1n) is 9.74. The van der Waals surface area contributed by atoms with Crippen LogP contribution in [0.2, 0.25) is 0 Å². The molecule has 3 aromatic rings. The van der Waals surface area contributed by atoms with Crippen LogP contribution in [0.15, 0.2) is 64.8 Å². The van der Waals surface area contributed by atoms with Crippen LogP contribution in [0.1, 0.15) is 10.5 Å². The van der Waals surface area contributed by atoms with E-state index in [1.807, 2.05) is 36.6 Å². The number of carbonyl (C=O) groups excluding carboxylic acids is 1. The highest BCUT2D eigenvalue weighted by atomic mass is 32.2. The van der Waals surface area contributed by atoms with Crippen molar-refractivity contribution < 1.29 is 22.0 Å². The fourth-order valence-electron chi connectivity index (χ4n) is 3.57. The number of piperazine rings is 1. The Morgan fingerprint density at radius 3 is 2.34 bits per heavy atom. The van der Waals surface area contributed by atoms with Crippen molar-refractivity contribution in [1.29, 1.82) is 0 Å². The SMILES string of the molecule is CSc1ncc(C(=O)N2CCN(S(=O)(=O)c3ccc(F)cc3F)CC2)n1-c1ccccc1. The quantitative estimate of drug-likeness (QED) is 0.527. The molecule has 2 aromatic carbocycles. The van der Waals surface area contributed by atoms with Crippen LogP contribution in [0.3, 0.4) is 0 Å². The van der Waals surface area contributed by atoms with Gasteiger partial charge in [-0.05, 0) is 30.5 Å². The second kappa shape index (κ2) is 9.00. The number of sulfonamides is 1. The van der Waals surface area contributed by atoms with E-state index < -0.39 is 26.6 Å². The Kier molecular flexibility index (Phi) is 6.31. The van der Waals surface area contributed by atoms with Crippen molar-refractivity contribution in [2.75, 3.05) is 32.4 Å². The largest absolute Gasteiger partial charge is 0.335 e. The minimum atomic E-state index is -4.14. The van der Waals surface area contributed by atoms with Crippen molar-refractivity contribution in [3.8, 4) is 5.69 Å². The summed E-state index contributed by atoms with van der Waals surface area (Å²) in [5.74, 6) is -2.26. The minimum absolute atomic E-state index is 0.000249. The summed E-state index contributed by atoms with van der Waals surface area (Å²) in [6, 6.07) is 11.7. The third-order valence-electron chi connectivity index (χ3n) is 5.18. The highest BCUT2D eigenvalue weighted by Gasteiger charge is 2.33. The maximum Gasteiger partial charge on any atom is 0.272 e. The molecule has 0 spiro atoms. The Labute approximate surface area is 188 Å². The van der Waals surface area contributed by atoms with Crippen LogP contribution >= 0.6 is 11.8 Å². The highest BCUT2D eigenvalue weighted by Crippen LogP contribution is 2.25. The number of amides is 1. The van der Waals surface area contributed by atoms with Gasteiger partial charge in [-0.3, -0.25) is 9.36 Å². The molecular formula is C21H20F2N4O3S2. The fourth-order valence-corrected chi connectivity index (χ4v) is 5.59. The van der Waals surface area contributed by atoms with Gasteiger partial charge in [-0.2, -0.15) is 4.31 Å². The van der Waals surface area contributed by atoms with Gasteiger partial charge in [0.1, 0.15) is 22.2 Å². The van der Waals surface area contributed by atoms with Gasteiger partial charge >= 0.3 is 0 Å². The molecule has 1 saturated heterocycles. The summed E-state index contributed by atoms with van der Waals surface area (Å²) in [7, 11) is -4.14. The van der Waals surface area contributed by atoms with Gasteiger partial charge in [0.25, 0.3) is 5.91 Å². The predicted octanol–water partition coefficient (Wildman–Crippen LogP) is 3.02.